The molecular weight excluding hydrogens is 176 g/mol. The Kier molecular flexibility index (Phi) is 3.34. The SMILES string of the molecule is NNc1ccc(CCO)cc1Cl. The van der Waals surface area contributed by atoms with Gasteiger partial charge >= 0.3 is 0 Å². The van der Waals surface area contributed by atoms with Gasteiger partial charge < -0.3 is 10.5 Å². The summed E-state index contributed by atoms with van der Waals surface area (Å²) in [5.41, 5.74) is 4.16. The van der Waals surface area contributed by atoms with Crippen LogP contribution in [0.25, 0.3) is 0 Å². The first-order valence-corrected chi connectivity index (χ1v) is 4.01. The lowest BCUT2D eigenvalue weighted by molar-refractivity contribution is 0.299. The van der Waals surface area contributed by atoms with E-state index >= 15 is 0 Å². The third-order valence-electron chi connectivity index (χ3n) is 1.59. The minimum atomic E-state index is 0.131. The zero-order valence-electron chi connectivity index (χ0n) is 6.55. The Hall–Kier alpha value is -0.770. The average Bonchev–Trinajstić information content (AvgIpc) is 2.05. The topological polar surface area (TPSA) is 58.3 Å². The van der Waals surface area contributed by atoms with Crippen LogP contribution in [0.3, 0.4) is 0 Å². The third-order valence-corrected chi connectivity index (χ3v) is 1.90. The van der Waals surface area contributed by atoms with Crippen LogP contribution in [0.2, 0.25) is 5.02 Å². The fourth-order valence-electron chi connectivity index (χ4n) is 0.960. The monoisotopic (exact) mass is 186 g/mol. The van der Waals surface area contributed by atoms with Crippen molar-refractivity contribution in [1.82, 2.24) is 0 Å². The Morgan fingerprint density at radius 1 is 1.50 bits per heavy atom. The average molecular weight is 187 g/mol. The largest absolute Gasteiger partial charge is 0.396 e. The number of anilines is 1. The van der Waals surface area contributed by atoms with Crippen LogP contribution in [0, 0.1) is 0 Å². The van der Waals surface area contributed by atoms with E-state index in [1.807, 2.05) is 6.07 Å². The molecule has 1 rings (SSSR count). The lowest BCUT2D eigenvalue weighted by atomic mass is 10.1. The summed E-state index contributed by atoms with van der Waals surface area (Å²) in [6.07, 6.45) is 0.616. The summed E-state index contributed by atoms with van der Waals surface area (Å²) >= 11 is 5.84. The molecule has 0 aliphatic carbocycles. The first-order valence-electron chi connectivity index (χ1n) is 3.64. The van der Waals surface area contributed by atoms with Gasteiger partial charge in [0.25, 0.3) is 0 Å². The van der Waals surface area contributed by atoms with Crippen LogP contribution in [0.15, 0.2) is 18.2 Å². The Balaban J connectivity index is 2.86. The summed E-state index contributed by atoms with van der Waals surface area (Å²) < 4.78 is 0. The van der Waals surface area contributed by atoms with Gasteiger partial charge in [-0.05, 0) is 24.1 Å². The van der Waals surface area contributed by atoms with Crippen molar-refractivity contribution in [2.45, 2.75) is 6.42 Å². The highest BCUT2D eigenvalue weighted by molar-refractivity contribution is 6.33. The minimum absolute atomic E-state index is 0.131. The van der Waals surface area contributed by atoms with Crippen molar-refractivity contribution in [3.05, 3.63) is 28.8 Å². The minimum Gasteiger partial charge on any atom is -0.396 e. The standard InChI is InChI=1S/C8H11ClN2O/c9-7-5-6(3-4-12)1-2-8(7)11-10/h1-2,5,11-12H,3-4,10H2. The number of halogens is 1. The molecule has 0 fully saturated rings. The number of rotatable bonds is 3. The van der Waals surface area contributed by atoms with Crippen LogP contribution >= 0.6 is 11.6 Å². The van der Waals surface area contributed by atoms with Crippen molar-refractivity contribution in [2.75, 3.05) is 12.0 Å². The fraction of sp³-hybridized carbons (Fsp3) is 0.250. The molecule has 1 aromatic rings. The van der Waals surface area contributed by atoms with Gasteiger partial charge in [0.1, 0.15) is 0 Å². The number of aliphatic hydroxyl groups is 1. The van der Waals surface area contributed by atoms with Gasteiger partial charge in [-0.2, -0.15) is 0 Å². The van der Waals surface area contributed by atoms with Crippen molar-refractivity contribution in [1.29, 1.82) is 0 Å². The molecule has 4 heteroatoms. The van der Waals surface area contributed by atoms with E-state index in [9.17, 15) is 0 Å². The molecule has 0 amide bonds. The Bertz CT molecular complexity index is 265. The zero-order chi connectivity index (χ0) is 8.97. The lowest BCUT2D eigenvalue weighted by Crippen LogP contribution is -2.07. The molecule has 12 heavy (non-hydrogen) atoms. The third kappa shape index (κ3) is 2.11. The highest BCUT2D eigenvalue weighted by atomic mass is 35.5. The highest BCUT2D eigenvalue weighted by Gasteiger charge is 1.99. The molecule has 0 bridgehead atoms. The van der Waals surface area contributed by atoms with E-state index in [1.165, 1.54) is 0 Å². The molecule has 0 unspecified atom stereocenters. The van der Waals surface area contributed by atoms with E-state index < -0.39 is 0 Å². The smallest absolute Gasteiger partial charge is 0.0672 e. The van der Waals surface area contributed by atoms with E-state index in [4.69, 9.17) is 22.6 Å². The highest BCUT2D eigenvalue weighted by Crippen LogP contribution is 2.21. The van der Waals surface area contributed by atoms with E-state index in [-0.39, 0.29) is 6.61 Å². The van der Waals surface area contributed by atoms with Crippen LogP contribution in [0.4, 0.5) is 5.69 Å². The van der Waals surface area contributed by atoms with Gasteiger partial charge in [0.05, 0.1) is 10.7 Å². The second-order valence-electron chi connectivity index (χ2n) is 2.43. The predicted molar refractivity (Wildman–Crippen MR) is 50.1 cm³/mol. The fourth-order valence-corrected chi connectivity index (χ4v) is 1.22. The van der Waals surface area contributed by atoms with Crippen LogP contribution in [0.1, 0.15) is 5.56 Å². The summed E-state index contributed by atoms with van der Waals surface area (Å²) in [4.78, 5) is 0. The number of benzene rings is 1. The van der Waals surface area contributed by atoms with Gasteiger partial charge in [-0.1, -0.05) is 17.7 Å². The molecule has 0 aliphatic rings. The number of nitrogens with one attached hydrogen (secondary N) is 1. The first kappa shape index (κ1) is 9.32. The van der Waals surface area contributed by atoms with Crippen molar-refractivity contribution in [3.63, 3.8) is 0 Å². The number of nitrogen functional groups attached to an aromatic ring is 1. The van der Waals surface area contributed by atoms with Crippen molar-refractivity contribution < 1.29 is 5.11 Å². The Morgan fingerprint density at radius 2 is 2.25 bits per heavy atom. The van der Waals surface area contributed by atoms with Gasteiger partial charge in [0.15, 0.2) is 0 Å². The van der Waals surface area contributed by atoms with E-state index in [0.717, 1.165) is 5.56 Å². The molecule has 66 valence electrons. The van der Waals surface area contributed by atoms with Crippen LogP contribution in [-0.2, 0) is 6.42 Å². The van der Waals surface area contributed by atoms with Crippen molar-refractivity contribution in [2.24, 2.45) is 5.84 Å². The molecule has 0 aliphatic heterocycles. The maximum Gasteiger partial charge on any atom is 0.0672 e. The summed E-state index contributed by atoms with van der Waals surface area (Å²) in [6, 6.07) is 5.44. The van der Waals surface area contributed by atoms with Gasteiger partial charge in [-0.25, -0.2) is 0 Å². The molecule has 0 saturated heterocycles. The normalized spacial score (nSPS) is 9.92. The predicted octanol–water partition coefficient (Wildman–Crippen LogP) is 1.16. The zero-order valence-corrected chi connectivity index (χ0v) is 7.30. The Labute approximate surface area is 76.1 Å². The number of aliphatic hydroxyl groups excluding tert-OH is 1. The van der Waals surface area contributed by atoms with Crippen molar-refractivity contribution >= 4 is 17.3 Å². The molecule has 3 nitrogen and oxygen atoms in total. The summed E-state index contributed by atoms with van der Waals surface area (Å²) in [6.45, 7) is 0.131. The summed E-state index contributed by atoms with van der Waals surface area (Å²) in [5.74, 6) is 5.19. The maximum atomic E-state index is 8.65. The molecule has 4 N–H and O–H groups in total. The van der Waals surface area contributed by atoms with E-state index in [0.29, 0.717) is 17.1 Å². The van der Waals surface area contributed by atoms with Crippen LogP contribution in [0.5, 0.6) is 0 Å². The number of hydrogen-bond acceptors (Lipinski definition) is 3. The number of nitrogens with two attached hydrogens (primary N) is 1. The van der Waals surface area contributed by atoms with E-state index in [1.54, 1.807) is 12.1 Å². The lowest BCUT2D eigenvalue weighted by Gasteiger charge is -2.04. The van der Waals surface area contributed by atoms with Gasteiger partial charge in [-0.15, -0.1) is 0 Å². The molecule has 0 aromatic heterocycles. The van der Waals surface area contributed by atoms with Gasteiger partial charge in [0.2, 0.25) is 0 Å². The molecule has 0 spiro atoms. The molecule has 0 atom stereocenters. The molecule has 1 aromatic carbocycles. The molecule has 0 saturated carbocycles. The van der Waals surface area contributed by atoms with E-state index in [2.05, 4.69) is 5.43 Å². The second kappa shape index (κ2) is 4.30. The maximum absolute atomic E-state index is 8.65. The Morgan fingerprint density at radius 3 is 2.75 bits per heavy atom. The first-order chi connectivity index (χ1) is 5.77. The number of hydrazine groups is 1. The summed E-state index contributed by atoms with van der Waals surface area (Å²) in [7, 11) is 0. The van der Waals surface area contributed by atoms with Gasteiger partial charge in [0, 0.05) is 6.61 Å². The quantitative estimate of drug-likeness (QED) is 0.491. The number of hydrogen-bond donors (Lipinski definition) is 3. The van der Waals surface area contributed by atoms with Crippen molar-refractivity contribution in [3.8, 4) is 0 Å². The molecule has 0 radical (unpaired) electrons. The molecule has 0 heterocycles. The van der Waals surface area contributed by atoms with Gasteiger partial charge in [-0.3, -0.25) is 5.84 Å². The van der Waals surface area contributed by atoms with Crippen LogP contribution in [-0.4, -0.2) is 11.7 Å². The van der Waals surface area contributed by atoms with Crippen LogP contribution < -0.4 is 11.3 Å². The molecular formula is C8H11ClN2O. The second-order valence-corrected chi connectivity index (χ2v) is 2.84. The summed E-state index contributed by atoms with van der Waals surface area (Å²) in [5, 5.41) is 9.23.